The molecule has 0 amide bonds. The molecule has 1 heterocycles. The predicted octanol–water partition coefficient (Wildman–Crippen LogP) is 4.17. The molecule has 0 atom stereocenters. The standard InChI is InChI=1S/C17H14F2N4S/c18-13-5-1-11(2-6-13)16(12-3-7-14(19)8-4-12)24-17-20-21-22-23(17)15-9-10-15/h1-8,15-16H,9-10H2. The van der Waals surface area contributed by atoms with Crippen LogP contribution in [0, 0.1) is 11.6 Å². The second-order valence-corrected chi connectivity index (χ2v) is 6.81. The molecule has 1 aliphatic carbocycles. The highest BCUT2D eigenvalue weighted by atomic mass is 32.2. The summed E-state index contributed by atoms with van der Waals surface area (Å²) in [6.45, 7) is 0. The molecule has 7 heteroatoms. The molecule has 0 aliphatic heterocycles. The van der Waals surface area contributed by atoms with Gasteiger partial charge in [-0.25, -0.2) is 13.5 Å². The largest absolute Gasteiger partial charge is 0.217 e. The SMILES string of the molecule is Fc1ccc(C(Sc2nnnn2C2CC2)c2ccc(F)cc2)cc1. The minimum atomic E-state index is -0.288. The van der Waals surface area contributed by atoms with Crippen molar-refractivity contribution in [1.29, 1.82) is 0 Å². The van der Waals surface area contributed by atoms with Gasteiger partial charge in [-0.3, -0.25) is 0 Å². The van der Waals surface area contributed by atoms with Crippen molar-refractivity contribution in [2.24, 2.45) is 0 Å². The maximum atomic E-state index is 13.3. The molecule has 4 rings (SSSR count). The van der Waals surface area contributed by atoms with Gasteiger partial charge in [0.1, 0.15) is 11.6 Å². The van der Waals surface area contributed by atoms with Gasteiger partial charge in [0.05, 0.1) is 11.3 Å². The van der Waals surface area contributed by atoms with E-state index in [0.717, 1.165) is 29.1 Å². The van der Waals surface area contributed by atoms with Crippen molar-refractivity contribution in [3.63, 3.8) is 0 Å². The second-order valence-electron chi connectivity index (χ2n) is 5.74. The van der Waals surface area contributed by atoms with Crippen molar-refractivity contribution in [3.05, 3.63) is 71.3 Å². The summed E-state index contributed by atoms with van der Waals surface area (Å²) < 4.78 is 28.4. The zero-order valence-corrected chi connectivity index (χ0v) is 13.5. The number of hydrogen-bond acceptors (Lipinski definition) is 4. The van der Waals surface area contributed by atoms with Crippen LogP contribution in [-0.2, 0) is 0 Å². The van der Waals surface area contributed by atoms with Crippen molar-refractivity contribution >= 4 is 11.8 Å². The van der Waals surface area contributed by atoms with E-state index in [9.17, 15) is 8.78 Å². The van der Waals surface area contributed by atoms with Gasteiger partial charge in [0, 0.05) is 0 Å². The number of benzene rings is 2. The molecule has 0 spiro atoms. The predicted molar refractivity (Wildman–Crippen MR) is 86.6 cm³/mol. The van der Waals surface area contributed by atoms with Gasteiger partial charge in [-0.15, -0.1) is 5.10 Å². The lowest BCUT2D eigenvalue weighted by Crippen LogP contribution is -2.03. The van der Waals surface area contributed by atoms with E-state index in [4.69, 9.17) is 0 Å². The van der Waals surface area contributed by atoms with E-state index in [0.29, 0.717) is 6.04 Å². The Balaban J connectivity index is 1.70. The molecular weight excluding hydrogens is 330 g/mol. The maximum absolute atomic E-state index is 13.3. The summed E-state index contributed by atoms with van der Waals surface area (Å²) in [6, 6.07) is 13.0. The van der Waals surface area contributed by atoms with Crippen LogP contribution < -0.4 is 0 Å². The summed E-state index contributed by atoms with van der Waals surface area (Å²) in [5.41, 5.74) is 1.83. The Labute approximate surface area is 141 Å². The van der Waals surface area contributed by atoms with Gasteiger partial charge in [-0.2, -0.15) is 0 Å². The van der Waals surface area contributed by atoms with Gasteiger partial charge in [0.2, 0.25) is 5.16 Å². The summed E-state index contributed by atoms with van der Waals surface area (Å²) >= 11 is 1.49. The van der Waals surface area contributed by atoms with Crippen molar-refractivity contribution in [3.8, 4) is 0 Å². The molecule has 4 nitrogen and oxygen atoms in total. The molecule has 1 saturated carbocycles. The Morgan fingerprint density at radius 3 is 1.96 bits per heavy atom. The molecule has 1 fully saturated rings. The van der Waals surface area contributed by atoms with Crippen molar-refractivity contribution < 1.29 is 8.78 Å². The van der Waals surface area contributed by atoms with E-state index in [1.54, 1.807) is 24.3 Å². The Morgan fingerprint density at radius 1 is 0.917 bits per heavy atom. The van der Waals surface area contributed by atoms with Gasteiger partial charge in [0.25, 0.3) is 0 Å². The molecular formula is C17H14F2N4S. The summed E-state index contributed by atoms with van der Waals surface area (Å²) in [5, 5.41) is 12.5. The topological polar surface area (TPSA) is 43.6 Å². The third-order valence-electron chi connectivity index (χ3n) is 3.92. The second kappa shape index (κ2) is 6.32. The van der Waals surface area contributed by atoms with Crippen molar-refractivity contribution in [1.82, 2.24) is 20.2 Å². The number of hydrogen-bond donors (Lipinski definition) is 0. The van der Waals surface area contributed by atoms with E-state index in [2.05, 4.69) is 15.5 Å². The zero-order chi connectivity index (χ0) is 16.5. The third-order valence-corrected chi connectivity index (χ3v) is 5.18. The lowest BCUT2D eigenvalue weighted by atomic mass is 10.0. The van der Waals surface area contributed by atoms with Crippen LogP contribution in [0.25, 0.3) is 0 Å². The zero-order valence-electron chi connectivity index (χ0n) is 12.6. The monoisotopic (exact) mass is 344 g/mol. The molecule has 122 valence electrons. The molecule has 0 bridgehead atoms. The molecule has 3 aromatic rings. The highest BCUT2D eigenvalue weighted by molar-refractivity contribution is 7.99. The highest BCUT2D eigenvalue weighted by Crippen LogP contribution is 2.43. The Morgan fingerprint density at radius 2 is 1.46 bits per heavy atom. The van der Waals surface area contributed by atoms with E-state index in [1.165, 1.54) is 36.0 Å². The smallest absolute Gasteiger partial charge is 0.210 e. The Kier molecular flexibility index (Phi) is 4.02. The molecule has 0 N–H and O–H groups in total. The van der Waals surface area contributed by atoms with Crippen LogP contribution in [0.5, 0.6) is 0 Å². The van der Waals surface area contributed by atoms with E-state index >= 15 is 0 Å². The number of rotatable bonds is 5. The van der Waals surface area contributed by atoms with Crippen molar-refractivity contribution in [2.75, 3.05) is 0 Å². The molecule has 0 radical (unpaired) electrons. The van der Waals surface area contributed by atoms with Gasteiger partial charge in [-0.05, 0) is 58.7 Å². The van der Waals surface area contributed by atoms with Crippen LogP contribution in [0.3, 0.4) is 0 Å². The van der Waals surface area contributed by atoms with Crippen LogP contribution in [-0.4, -0.2) is 20.2 Å². The number of aromatic nitrogens is 4. The fraction of sp³-hybridized carbons (Fsp3) is 0.235. The Bertz CT molecular complexity index is 783. The molecule has 1 aromatic heterocycles. The third kappa shape index (κ3) is 3.17. The summed E-state index contributed by atoms with van der Waals surface area (Å²) in [5.74, 6) is -0.575. The molecule has 0 unspecified atom stereocenters. The molecule has 1 aliphatic rings. The number of halogens is 2. The fourth-order valence-electron chi connectivity index (χ4n) is 2.52. The first kappa shape index (κ1) is 15.3. The Hall–Kier alpha value is -2.28. The van der Waals surface area contributed by atoms with E-state index in [1.807, 2.05) is 4.68 Å². The number of thioether (sulfide) groups is 1. The number of nitrogens with zero attached hydrogens (tertiary/aromatic N) is 4. The number of tetrazole rings is 1. The van der Waals surface area contributed by atoms with Crippen LogP contribution in [0.2, 0.25) is 0 Å². The molecule has 0 saturated heterocycles. The first-order valence-electron chi connectivity index (χ1n) is 7.66. The van der Waals surface area contributed by atoms with Gasteiger partial charge in [0.15, 0.2) is 0 Å². The van der Waals surface area contributed by atoms with Crippen LogP contribution >= 0.6 is 11.8 Å². The fourth-order valence-corrected chi connectivity index (χ4v) is 3.69. The summed E-state index contributed by atoms with van der Waals surface area (Å²) in [4.78, 5) is 0. The summed E-state index contributed by atoms with van der Waals surface area (Å²) in [7, 11) is 0. The average molecular weight is 344 g/mol. The average Bonchev–Trinajstić information content (AvgIpc) is 3.33. The van der Waals surface area contributed by atoms with Crippen LogP contribution in [0.15, 0.2) is 53.7 Å². The van der Waals surface area contributed by atoms with Gasteiger partial charge >= 0.3 is 0 Å². The highest BCUT2D eigenvalue weighted by Gasteiger charge is 2.29. The summed E-state index contributed by atoms with van der Waals surface area (Å²) in [6.07, 6.45) is 2.16. The quantitative estimate of drug-likeness (QED) is 0.652. The minimum Gasteiger partial charge on any atom is -0.217 e. The molecule has 24 heavy (non-hydrogen) atoms. The van der Waals surface area contributed by atoms with Crippen molar-refractivity contribution in [2.45, 2.75) is 29.3 Å². The van der Waals surface area contributed by atoms with Crippen LogP contribution in [0.4, 0.5) is 8.78 Å². The minimum absolute atomic E-state index is 0.144. The van der Waals surface area contributed by atoms with Crippen LogP contribution in [0.1, 0.15) is 35.3 Å². The molecule has 2 aromatic carbocycles. The van der Waals surface area contributed by atoms with Gasteiger partial charge < -0.3 is 0 Å². The normalized spacial score (nSPS) is 14.3. The van der Waals surface area contributed by atoms with E-state index < -0.39 is 0 Å². The maximum Gasteiger partial charge on any atom is 0.210 e. The van der Waals surface area contributed by atoms with Gasteiger partial charge in [-0.1, -0.05) is 36.0 Å². The lowest BCUT2D eigenvalue weighted by Gasteiger charge is -2.17. The van der Waals surface area contributed by atoms with E-state index in [-0.39, 0.29) is 16.9 Å². The lowest BCUT2D eigenvalue weighted by molar-refractivity contribution is 0.565. The first-order valence-corrected chi connectivity index (χ1v) is 8.54. The first-order chi connectivity index (χ1) is 11.7.